The van der Waals surface area contributed by atoms with Gasteiger partial charge in [-0.3, -0.25) is 0 Å². The van der Waals surface area contributed by atoms with Crippen molar-refractivity contribution in [3.05, 3.63) is 35.4 Å². The maximum atomic E-state index is 13.1. The van der Waals surface area contributed by atoms with Crippen molar-refractivity contribution in [2.75, 3.05) is 6.54 Å². The van der Waals surface area contributed by atoms with E-state index in [9.17, 15) is 8.78 Å². The van der Waals surface area contributed by atoms with E-state index in [0.29, 0.717) is 12.5 Å². The molecular formula is C17H25F2N. The van der Waals surface area contributed by atoms with Crippen LogP contribution in [-0.4, -0.2) is 12.6 Å². The Kier molecular flexibility index (Phi) is 5.53. The van der Waals surface area contributed by atoms with Crippen LogP contribution in [0.15, 0.2) is 18.2 Å². The van der Waals surface area contributed by atoms with Gasteiger partial charge in [0.25, 0.3) is 0 Å². The van der Waals surface area contributed by atoms with Gasteiger partial charge in [0, 0.05) is 12.1 Å². The minimum atomic E-state index is -0.488. The van der Waals surface area contributed by atoms with Gasteiger partial charge in [0.15, 0.2) is 0 Å². The van der Waals surface area contributed by atoms with Crippen LogP contribution in [0.2, 0.25) is 0 Å². The fourth-order valence-corrected chi connectivity index (χ4v) is 3.17. The van der Waals surface area contributed by atoms with Crippen LogP contribution >= 0.6 is 0 Å². The summed E-state index contributed by atoms with van der Waals surface area (Å²) in [5.41, 5.74) is 0.728. The van der Waals surface area contributed by atoms with E-state index in [1.54, 1.807) is 0 Å². The molecule has 1 N–H and O–H groups in total. The summed E-state index contributed by atoms with van der Waals surface area (Å²) < 4.78 is 26.1. The lowest BCUT2D eigenvalue weighted by atomic mass is 9.80. The predicted molar refractivity (Wildman–Crippen MR) is 78.6 cm³/mol. The van der Waals surface area contributed by atoms with Crippen LogP contribution in [0.3, 0.4) is 0 Å². The van der Waals surface area contributed by atoms with Crippen molar-refractivity contribution in [1.29, 1.82) is 0 Å². The first-order valence-corrected chi connectivity index (χ1v) is 7.73. The SMILES string of the molecule is CC(C)C1CCC(NCCc2cc(F)cc(F)c2)CC1. The molecule has 0 aliphatic heterocycles. The second kappa shape index (κ2) is 7.16. The molecule has 1 saturated carbocycles. The second-order valence-electron chi connectivity index (χ2n) is 6.34. The normalized spacial score (nSPS) is 23.2. The molecule has 0 spiro atoms. The summed E-state index contributed by atoms with van der Waals surface area (Å²) >= 11 is 0. The molecule has 0 unspecified atom stereocenters. The number of hydrogen-bond acceptors (Lipinski definition) is 1. The maximum absolute atomic E-state index is 13.1. The van der Waals surface area contributed by atoms with Crippen LogP contribution < -0.4 is 5.32 Å². The highest BCUT2D eigenvalue weighted by molar-refractivity contribution is 5.18. The van der Waals surface area contributed by atoms with E-state index < -0.39 is 11.6 Å². The van der Waals surface area contributed by atoms with Gasteiger partial charge in [-0.15, -0.1) is 0 Å². The van der Waals surface area contributed by atoms with Crippen LogP contribution in [0.1, 0.15) is 45.1 Å². The Labute approximate surface area is 120 Å². The summed E-state index contributed by atoms with van der Waals surface area (Å²) in [4.78, 5) is 0. The largest absolute Gasteiger partial charge is 0.314 e. The van der Waals surface area contributed by atoms with Gasteiger partial charge in [-0.25, -0.2) is 8.78 Å². The third-order valence-corrected chi connectivity index (χ3v) is 4.48. The van der Waals surface area contributed by atoms with Crippen molar-refractivity contribution in [2.24, 2.45) is 11.8 Å². The lowest BCUT2D eigenvalue weighted by molar-refractivity contribution is 0.239. The molecule has 0 aromatic heterocycles. The van der Waals surface area contributed by atoms with Crippen molar-refractivity contribution < 1.29 is 8.78 Å². The molecule has 1 aromatic carbocycles. The fourth-order valence-electron chi connectivity index (χ4n) is 3.17. The van der Waals surface area contributed by atoms with E-state index in [-0.39, 0.29) is 0 Å². The highest BCUT2D eigenvalue weighted by Crippen LogP contribution is 2.29. The summed E-state index contributed by atoms with van der Waals surface area (Å²) in [6, 6.07) is 4.33. The Bertz CT molecular complexity index is 403. The summed E-state index contributed by atoms with van der Waals surface area (Å²) in [5, 5.41) is 3.52. The zero-order chi connectivity index (χ0) is 14.5. The third-order valence-electron chi connectivity index (χ3n) is 4.48. The number of benzene rings is 1. The number of nitrogens with one attached hydrogen (secondary N) is 1. The zero-order valence-electron chi connectivity index (χ0n) is 12.5. The van der Waals surface area contributed by atoms with Crippen molar-refractivity contribution in [3.8, 4) is 0 Å². The molecule has 1 aliphatic carbocycles. The van der Waals surface area contributed by atoms with Crippen LogP contribution in [-0.2, 0) is 6.42 Å². The van der Waals surface area contributed by atoms with Crippen LogP contribution in [0, 0.1) is 23.5 Å². The standard InChI is InChI=1S/C17H25F2N/c1-12(2)14-3-5-17(6-4-14)20-8-7-13-9-15(18)11-16(19)10-13/h9-12,14,17,20H,3-8H2,1-2H3. The number of hydrogen-bond donors (Lipinski definition) is 1. The summed E-state index contributed by atoms with van der Waals surface area (Å²) in [6.45, 7) is 5.40. The Balaban J connectivity index is 1.71. The van der Waals surface area contributed by atoms with Crippen molar-refractivity contribution in [3.63, 3.8) is 0 Å². The van der Waals surface area contributed by atoms with E-state index in [1.165, 1.54) is 37.8 Å². The predicted octanol–water partition coefficient (Wildman–Crippen LogP) is 4.31. The molecule has 3 heteroatoms. The monoisotopic (exact) mass is 281 g/mol. The van der Waals surface area contributed by atoms with Gasteiger partial charge in [-0.05, 0) is 68.2 Å². The highest BCUT2D eigenvalue weighted by atomic mass is 19.1. The van der Waals surface area contributed by atoms with Crippen LogP contribution in [0.25, 0.3) is 0 Å². The fraction of sp³-hybridized carbons (Fsp3) is 0.647. The summed E-state index contributed by atoms with van der Waals surface area (Å²) in [7, 11) is 0. The van der Waals surface area contributed by atoms with Gasteiger partial charge in [0.05, 0.1) is 0 Å². The molecule has 0 saturated heterocycles. The van der Waals surface area contributed by atoms with E-state index in [4.69, 9.17) is 0 Å². The average Bonchev–Trinajstić information content (AvgIpc) is 2.38. The van der Waals surface area contributed by atoms with E-state index in [1.807, 2.05) is 0 Å². The van der Waals surface area contributed by atoms with Crippen LogP contribution in [0.5, 0.6) is 0 Å². The van der Waals surface area contributed by atoms with Crippen molar-refractivity contribution >= 4 is 0 Å². The molecule has 0 amide bonds. The lowest BCUT2D eigenvalue weighted by Gasteiger charge is -2.31. The Hall–Kier alpha value is -0.960. The molecule has 1 aliphatic rings. The third kappa shape index (κ3) is 4.55. The summed E-state index contributed by atoms with van der Waals surface area (Å²) in [5.74, 6) is 0.673. The topological polar surface area (TPSA) is 12.0 Å². The molecule has 1 fully saturated rings. The highest BCUT2D eigenvalue weighted by Gasteiger charge is 2.22. The molecule has 2 rings (SSSR count). The lowest BCUT2D eigenvalue weighted by Crippen LogP contribution is -2.35. The Morgan fingerprint density at radius 3 is 2.20 bits per heavy atom. The molecule has 0 radical (unpaired) electrons. The van der Waals surface area contributed by atoms with E-state index in [0.717, 1.165) is 30.0 Å². The quantitative estimate of drug-likeness (QED) is 0.848. The van der Waals surface area contributed by atoms with Gasteiger partial charge < -0.3 is 5.32 Å². The maximum Gasteiger partial charge on any atom is 0.126 e. The molecule has 1 aromatic rings. The summed E-state index contributed by atoms with van der Waals surface area (Å²) in [6.07, 6.45) is 5.72. The van der Waals surface area contributed by atoms with Gasteiger partial charge in [0.1, 0.15) is 11.6 Å². The molecule has 1 nitrogen and oxygen atoms in total. The minimum Gasteiger partial charge on any atom is -0.314 e. The average molecular weight is 281 g/mol. The molecule has 0 bridgehead atoms. The molecule has 112 valence electrons. The van der Waals surface area contributed by atoms with Gasteiger partial charge in [-0.1, -0.05) is 13.8 Å². The van der Waals surface area contributed by atoms with Gasteiger partial charge >= 0.3 is 0 Å². The first kappa shape index (κ1) is 15.4. The van der Waals surface area contributed by atoms with Crippen molar-refractivity contribution in [1.82, 2.24) is 5.32 Å². The van der Waals surface area contributed by atoms with E-state index >= 15 is 0 Å². The molecule has 20 heavy (non-hydrogen) atoms. The molecular weight excluding hydrogens is 256 g/mol. The van der Waals surface area contributed by atoms with E-state index in [2.05, 4.69) is 19.2 Å². The molecule has 0 atom stereocenters. The molecule has 0 heterocycles. The van der Waals surface area contributed by atoms with Gasteiger partial charge in [0.2, 0.25) is 0 Å². The van der Waals surface area contributed by atoms with Crippen molar-refractivity contribution in [2.45, 2.75) is 52.0 Å². The number of halogens is 2. The zero-order valence-corrected chi connectivity index (χ0v) is 12.5. The smallest absolute Gasteiger partial charge is 0.126 e. The Morgan fingerprint density at radius 1 is 1.05 bits per heavy atom. The Morgan fingerprint density at radius 2 is 1.65 bits per heavy atom. The number of rotatable bonds is 5. The van der Waals surface area contributed by atoms with Crippen LogP contribution in [0.4, 0.5) is 8.78 Å². The first-order valence-electron chi connectivity index (χ1n) is 7.73. The first-order chi connectivity index (χ1) is 9.54. The minimum absolute atomic E-state index is 0.488. The van der Waals surface area contributed by atoms with Gasteiger partial charge in [-0.2, -0.15) is 0 Å². The second-order valence-corrected chi connectivity index (χ2v) is 6.34.